The SMILES string of the molecule is Cc1nc(N[C@H](C)c2cc(N)cc(C(F)(F)F)c2)c2cc(C(=O)N(C)C)c(N3C4CCC3CC(F)C4)nc2n1. The van der Waals surface area contributed by atoms with Gasteiger partial charge in [-0.1, -0.05) is 0 Å². The second-order valence-electron chi connectivity index (χ2n) is 10.7. The lowest BCUT2D eigenvalue weighted by Crippen LogP contribution is -2.45. The van der Waals surface area contributed by atoms with E-state index in [2.05, 4.69) is 20.2 Å². The van der Waals surface area contributed by atoms with Crippen molar-refractivity contribution in [2.75, 3.05) is 30.0 Å². The van der Waals surface area contributed by atoms with Gasteiger partial charge in [0.25, 0.3) is 5.91 Å². The number of anilines is 3. The fourth-order valence-corrected chi connectivity index (χ4v) is 5.69. The van der Waals surface area contributed by atoms with Crippen molar-refractivity contribution in [3.05, 3.63) is 46.8 Å². The maximum atomic E-state index is 14.3. The molecule has 2 bridgehead atoms. The number of hydrogen-bond acceptors (Lipinski definition) is 7. The number of carbonyl (C=O) groups excluding carboxylic acids is 1. The molecule has 4 heterocycles. The largest absolute Gasteiger partial charge is 0.416 e. The first-order valence-corrected chi connectivity index (χ1v) is 12.9. The number of pyridine rings is 1. The highest BCUT2D eigenvalue weighted by molar-refractivity contribution is 6.03. The number of hydrogen-bond donors (Lipinski definition) is 2. The smallest absolute Gasteiger partial charge is 0.399 e. The maximum absolute atomic E-state index is 14.3. The molecule has 8 nitrogen and oxygen atoms in total. The second-order valence-corrected chi connectivity index (χ2v) is 10.7. The molecule has 208 valence electrons. The van der Waals surface area contributed by atoms with Gasteiger partial charge in [0, 0.05) is 31.9 Å². The molecule has 5 rings (SSSR count). The Morgan fingerprint density at radius 2 is 1.77 bits per heavy atom. The Labute approximate surface area is 223 Å². The van der Waals surface area contributed by atoms with Crippen molar-refractivity contribution >= 4 is 34.3 Å². The van der Waals surface area contributed by atoms with Gasteiger partial charge in [-0.15, -0.1) is 0 Å². The lowest BCUT2D eigenvalue weighted by atomic mass is 9.99. The summed E-state index contributed by atoms with van der Waals surface area (Å²) in [5.41, 5.74) is 5.93. The van der Waals surface area contributed by atoms with Crippen molar-refractivity contribution in [3.63, 3.8) is 0 Å². The topological polar surface area (TPSA) is 100 Å². The lowest BCUT2D eigenvalue weighted by molar-refractivity contribution is -0.137. The molecule has 2 saturated heterocycles. The number of halogens is 4. The predicted octanol–water partition coefficient (Wildman–Crippen LogP) is 5.28. The Kier molecular flexibility index (Phi) is 6.76. The van der Waals surface area contributed by atoms with E-state index >= 15 is 0 Å². The zero-order valence-corrected chi connectivity index (χ0v) is 22.2. The van der Waals surface area contributed by atoms with Gasteiger partial charge < -0.3 is 20.9 Å². The number of nitrogens with one attached hydrogen (secondary N) is 1. The van der Waals surface area contributed by atoms with E-state index in [0.717, 1.165) is 25.0 Å². The average molecular weight is 546 g/mol. The summed E-state index contributed by atoms with van der Waals surface area (Å²) in [5, 5.41) is 3.63. The van der Waals surface area contributed by atoms with Crippen LogP contribution in [0.25, 0.3) is 11.0 Å². The number of fused-ring (bicyclic) bond motifs is 3. The van der Waals surface area contributed by atoms with Crippen LogP contribution in [0.5, 0.6) is 0 Å². The van der Waals surface area contributed by atoms with Crippen LogP contribution in [0.2, 0.25) is 0 Å². The van der Waals surface area contributed by atoms with Crippen LogP contribution in [0.3, 0.4) is 0 Å². The number of amides is 1. The summed E-state index contributed by atoms with van der Waals surface area (Å²) in [7, 11) is 3.28. The molecule has 2 aromatic heterocycles. The van der Waals surface area contributed by atoms with E-state index in [1.807, 2.05) is 0 Å². The Morgan fingerprint density at radius 3 is 2.38 bits per heavy atom. The molecule has 3 aromatic rings. The monoisotopic (exact) mass is 545 g/mol. The highest BCUT2D eigenvalue weighted by Gasteiger charge is 2.43. The van der Waals surface area contributed by atoms with Gasteiger partial charge in [-0.25, -0.2) is 19.3 Å². The quantitative estimate of drug-likeness (QED) is 0.332. The van der Waals surface area contributed by atoms with Crippen LogP contribution in [-0.2, 0) is 6.18 Å². The first-order chi connectivity index (χ1) is 18.3. The summed E-state index contributed by atoms with van der Waals surface area (Å²) >= 11 is 0. The van der Waals surface area contributed by atoms with Crippen LogP contribution >= 0.6 is 0 Å². The highest BCUT2D eigenvalue weighted by Crippen LogP contribution is 2.42. The van der Waals surface area contributed by atoms with Gasteiger partial charge in [0.1, 0.15) is 23.6 Å². The van der Waals surface area contributed by atoms with Gasteiger partial charge >= 0.3 is 6.18 Å². The van der Waals surface area contributed by atoms with E-state index in [9.17, 15) is 22.4 Å². The Hall–Kier alpha value is -3.70. The third-order valence-electron chi connectivity index (χ3n) is 7.49. The molecular weight excluding hydrogens is 514 g/mol. The zero-order chi connectivity index (χ0) is 28.2. The molecule has 0 aliphatic carbocycles. The van der Waals surface area contributed by atoms with E-state index in [1.54, 1.807) is 34.0 Å². The number of aryl methyl sites for hydroxylation is 1. The van der Waals surface area contributed by atoms with E-state index < -0.39 is 24.0 Å². The summed E-state index contributed by atoms with van der Waals surface area (Å²) in [5.74, 6) is 0.935. The van der Waals surface area contributed by atoms with Crippen molar-refractivity contribution in [2.24, 2.45) is 0 Å². The van der Waals surface area contributed by atoms with Crippen molar-refractivity contribution in [1.29, 1.82) is 0 Å². The number of benzene rings is 1. The molecule has 1 aromatic carbocycles. The van der Waals surface area contributed by atoms with Gasteiger partial charge in [0.2, 0.25) is 0 Å². The van der Waals surface area contributed by atoms with Crippen LogP contribution < -0.4 is 16.0 Å². The molecule has 12 heteroatoms. The van der Waals surface area contributed by atoms with Gasteiger partial charge in [0.15, 0.2) is 5.65 Å². The molecule has 0 radical (unpaired) electrons. The molecule has 2 aliphatic heterocycles. The van der Waals surface area contributed by atoms with Crippen LogP contribution in [-0.4, -0.2) is 58.1 Å². The number of nitrogen functional groups attached to an aromatic ring is 1. The first-order valence-electron chi connectivity index (χ1n) is 12.9. The Balaban J connectivity index is 1.60. The normalized spacial score (nSPS) is 21.7. The molecule has 2 fully saturated rings. The fourth-order valence-electron chi connectivity index (χ4n) is 5.69. The molecule has 1 amide bonds. The summed E-state index contributed by atoms with van der Waals surface area (Å²) in [4.78, 5) is 30.7. The highest BCUT2D eigenvalue weighted by atomic mass is 19.4. The Bertz CT molecular complexity index is 1410. The van der Waals surface area contributed by atoms with Gasteiger partial charge in [-0.2, -0.15) is 13.2 Å². The van der Waals surface area contributed by atoms with Gasteiger partial charge in [-0.3, -0.25) is 4.79 Å². The number of nitrogens with two attached hydrogens (primary N) is 1. The zero-order valence-electron chi connectivity index (χ0n) is 22.2. The lowest BCUT2D eigenvalue weighted by Gasteiger charge is -2.38. The number of nitrogens with zero attached hydrogens (tertiary/aromatic N) is 5. The van der Waals surface area contributed by atoms with Crippen LogP contribution in [0.15, 0.2) is 24.3 Å². The maximum Gasteiger partial charge on any atom is 0.416 e. The fraction of sp³-hybridized carbons (Fsp3) is 0.481. The van der Waals surface area contributed by atoms with E-state index in [1.165, 1.54) is 11.0 Å². The van der Waals surface area contributed by atoms with E-state index in [4.69, 9.17) is 10.7 Å². The summed E-state index contributed by atoms with van der Waals surface area (Å²) in [6, 6.07) is 4.38. The van der Waals surface area contributed by atoms with Crippen molar-refractivity contribution < 1.29 is 22.4 Å². The first kappa shape index (κ1) is 26.9. The molecule has 0 saturated carbocycles. The molecule has 3 N–H and O–H groups in total. The molecule has 3 atom stereocenters. The summed E-state index contributed by atoms with van der Waals surface area (Å²) in [6.07, 6.45) is -2.99. The van der Waals surface area contributed by atoms with Crippen LogP contribution in [0.4, 0.5) is 34.9 Å². The standard InChI is InChI=1S/C27H31F4N7O/c1-13(15-7-16(27(29,30)31)9-18(32)8-15)33-23-21-12-22(26(39)37(3)4)25(36-24(21)35-14(2)34-23)38-19-5-6-20(38)11-17(28)10-19/h7-9,12-13,17,19-20H,5-6,10-11,32H2,1-4H3,(H,33,34,35,36)/t13-,17?,19?,20?/m1/s1. The molecule has 2 aliphatic rings. The minimum Gasteiger partial charge on any atom is -0.399 e. The summed E-state index contributed by atoms with van der Waals surface area (Å²) < 4.78 is 54.5. The number of rotatable bonds is 5. The van der Waals surface area contributed by atoms with Crippen molar-refractivity contribution in [2.45, 2.75) is 70.0 Å². The number of carbonyl (C=O) groups is 1. The number of aromatic nitrogens is 3. The molecule has 0 spiro atoms. The number of piperidine rings is 1. The van der Waals surface area contributed by atoms with Crippen molar-refractivity contribution in [3.8, 4) is 0 Å². The predicted molar refractivity (Wildman–Crippen MR) is 141 cm³/mol. The second kappa shape index (κ2) is 9.80. The minimum absolute atomic E-state index is 0.00550. The summed E-state index contributed by atoms with van der Waals surface area (Å²) in [6.45, 7) is 3.39. The molecule has 2 unspecified atom stereocenters. The molecule has 39 heavy (non-hydrogen) atoms. The average Bonchev–Trinajstić information content (AvgIpc) is 3.12. The van der Waals surface area contributed by atoms with Gasteiger partial charge in [-0.05, 0) is 69.4 Å². The van der Waals surface area contributed by atoms with Crippen molar-refractivity contribution in [1.82, 2.24) is 19.9 Å². The van der Waals surface area contributed by atoms with E-state index in [0.29, 0.717) is 52.5 Å². The number of alkyl halides is 4. The van der Waals surface area contributed by atoms with Crippen LogP contribution in [0, 0.1) is 6.92 Å². The van der Waals surface area contributed by atoms with Crippen LogP contribution in [0.1, 0.15) is 66.0 Å². The van der Waals surface area contributed by atoms with Gasteiger partial charge in [0.05, 0.1) is 22.6 Å². The Morgan fingerprint density at radius 1 is 1.10 bits per heavy atom. The third kappa shape index (κ3) is 5.16. The van der Waals surface area contributed by atoms with E-state index in [-0.39, 0.29) is 23.7 Å². The molecular formula is C27H31F4N7O. The third-order valence-corrected chi connectivity index (χ3v) is 7.49. The minimum atomic E-state index is -4.54.